The Balaban J connectivity index is 1.57. The second-order valence-electron chi connectivity index (χ2n) is 6.39. The predicted octanol–water partition coefficient (Wildman–Crippen LogP) is 3.71. The number of nitrogens with one attached hydrogen (secondary N) is 2. The number of hydrogen-bond acceptors (Lipinski definition) is 4. The zero-order chi connectivity index (χ0) is 16.8. The first-order valence-corrected chi connectivity index (χ1v) is 8.68. The Morgan fingerprint density at radius 2 is 1.79 bits per heavy atom. The van der Waals surface area contributed by atoms with Gasteiger partial charge in [0.25, 0.3) is 5.91 Å². The molecule has 0 radical (unpaired) electrons. The molecule has 1 heterocycles. The van der Waals surface area contributed by atoms with Crippen LogP contribution >= 0.6 is 0 Å². The first-order chi connectivity index (χ1) is 11.7. The summed E-state index contributed by atoms with van der Waals surface area (Å²) in [4.78, 5) is 12.2. The smallest absolute Gasteiger partial charge is 0.272 e. The van der Waals surface area contributed by atoms with E-state index in [1.807, 2.05) is 24.3 Å². The SMILES string of the molecule is CC(Nc1ccc(C(=O)NC2CCCCC2)nn1)c1ccccc1. The molecule has 0 saturated heterocycles. The van der Waals surface area contributed by atoms with E-state index in [0.717, 1.165) is 12.8 Å². The number of aromatic nitrogens is 2. The Morgan fingerprint density at radius 3 is 2.46 bits per heavy atom. The maximum atomic E-state index is 12.2. The molecule has 126 valence electrons. The van der Waals surface area contributed by atoms with Crippen LogP contribution in [-0.4, -0.2) is 22.1 Å². The summed E-state index contributed by atoms with van der Waals surface area (Å²) >= 11 is 0. The van der Waals surface area contributed by atoms with E-state index in [4.69, 9.17) is 0 Å². The van der Waals surface area contributed by atoms with E-state index < -0.39 is 0 Å². The maximum Gasteiger partial charge on any atom is 0.272 e. The summed E-state index contributed by atoms with van der Waals surface area (Å²) in [7, 11) is 0. The molecule has 5 heteroatoms. The molecule has 1 fully saturated rings. The van der Waals surface area contributed by atoms with Gasteiger partial charge in [0.15, 0.2) is 5.69 Å². The van der Waals surface area contributed by atoms with E-state index in [1.54, 1.807) is 6.07 Å². The van der Waals surface area contributed by atoms with Crippen molar-refractivity contribution in [1.82, 2.24) is 15.5 Å². The van der Waals surface area contributed by atoms with Crippen molar-refractivity contribution in [3.8, 4) is 0 Å². The van der Waals surface area contributed by atoms with E-state index in [0.29, 0.717) is 11.5 Å². The minimum Gasteiger partial charge on any atom is -0.362 e. The molecule has 1 atom stereocenters. The zero-order valence-corrected chi connectivity index (χ0v) is 14.0. The molecule has 1 unspecified atom stereocenters. The number of anilines is 1. The van der Waals surface area contributed by atoms with Crippen molar-refractivity contribution in [2.45, 2.75) is 51.1 Å². The Bertz CT molecular complexity index is 651. The highest BCUT2D eigenvalue weighted by atomic mass is 16.2. The number of nitrogens with zero attached hydrogens (tertiary/aromatic N) is 2. The first kappa shape index (κ1) is 16.4. The summed E-state index contributed by atoms with van der Waals surface area (Å²) in [6.45, 7) is 2.07. The van der Waals surface area contributed by atoms with Crippen molar-refractivity contribution in [2.24, 2.45) is 0 Å². The zero-order valence-electron chi connectivity index (χ0n) is 14.0. The van der Waals surface area contributed by atoms with Gasteiger partial charge in [-0.15, -0.1) is 10.2 Å². The number of carbonyl (C=O) groups is 1. The summed E-state index contributed by atoms with van der Waals surface area (Å²) < 4.78 is 0. The van der Waals surface area contributed by atoms with Crippen molar-refractivity contribution >= 4 is 11.7 Å². The van der Waals surface area contributed by atoms with Crippen LogP contribution in [0.25, 0.3) is 0 Å². The van der Waals surface area contributed by atoms with Crippen LogP contribution in [-0.2, 0) is 0 Å². The monoisotopic (exact) mass is 324 g/mol. The Kier molecular flexibility index (Phi) is 5.41. The summed E-state index contributed by atoms with van der Waals surface area (Å²) in [5, 5.41) is 14.6. The summed E-state index contributed by atoms with van der Waals surface area (Å²) in [5.74, 6) is 0.539. The van der Waals surface area contributed by atoms with Gasteiger partial charge in [-0.25, -0.2) is 0 Å². The molecule has 1 aliphatic carbocycles. The molecule has 2 N–H and O–H groups in total. The lowest BCUT2D eigenvalue weighted by atomic mass is 9.95. The third kappa shape index (κ3) is 4.31. The minimum absolute atomic E-state index is 0.127. The second-order valence-corrected chi connectivity index (χ2v) is 6.39. The van der Waals surface area contributed by atoms with Gasteiger partial charge in [0, 0.05) is 12.1 Å². The lowest BCUT2D eigenvalue weighted by Gasteiger charge is -2.22. The number of rotatable bonds is 5. The fourth-order valence-electron chi connectivity index (χ4n) is 3.08. The van der Waals surface area contributed by atoms with Crippen molar-refractivity contribution in [2.75, 3.05) is 5.32 Å². The molecule has 1 saturated carbocycles. The number of carbonyl (C=O) groups excluding carboxylic acids is 1. The minimum atomic E-state index is -0.128. The average molecular weight is 324 g/mol. The van der Waals surface area contributed by atoms with Crippen LogP contribution in [0.1, 0.15) is 61.1 Å². The first-order valence-electron chi connectivity index (χ1n) is 8.68. The standard InChI is InChI=1S/C19H24N4O/c1-14(15-8-4-2-5-9-15)20-18-13-12-17(22-23-18)19(24)21-16-10-6-3-7-11-16/h2,4-5,8-9,12-14,16H,3,6-7,10-11H2,1H3,(H,20,23)(H,21,24). The Hall–Kier alpha value is -2.43. The molecule has 2 aromatic rings. The van der Waals surface area contributed by atoms with Gasteiger partial charge in [-0.05, 0) is 37.5 Å². The van der Waals surface area contributed by atoms with Gasteiger partial charge < -0.3 is 10.6 Å². The highest BCUT2D eigenvalue weighted by Crippen LogP contribution is 2.18. The van der Waals surface area contributed by atoms with E-state index in [2.05, 4.69) is 39.9 Å². The molecule has 24 heavy (non-hydrogen) atoms. The molecular weight excluding hydrogens is 300 g/mol. The fourth-order valence-corrected chi connectivity index (χ4v) is 3.08. The Morgan fingerprint density at radius 1 is 1.04 bits per heavy atom. The van der Waals surface area contributed by atoms with Gasteiger partial charge in [0.1, 0.15) is 5.82 Å². The molecule has 0 spiro atoms. The molecular formula is C19H24N4O. The van der Waals surface area contributed by atoms with Crippen LogP contribution in [0.4, 0.5) is 5.82 Å². The summed E-state index contributed by atoms with van der Waals surface area (Å²) in [6.07, 6.45) is 5.78. The van der Waals surface area contributed by atoms with Crippen LogP contribution < -0.4 is 10.6 Å². The number of benzene rings is 1. The van der Waals surface area contributed by atoms with E-state index in [9.17, 15) is 4.79 Å². The molecule has 0 bridgehead atoms. The second kappa shape index (κ2) is 7.90. The van der Waals surface area contributed by atoms with Gasteiger partial charge in [0.2, 0.25) is 0 Å². The van der Waals surface area contributed by atoms with E-state index >= 15 is 0 Å². The molecule has 0 aliphatic heterocycles. The van der Waals surface area contributed by atoms with Gasteiger partial charge >= 0.3 is 0 Å². The molecule has 1 aromatic heterocycles. The fraction of sp³-hybridized carbons (Fsp3) is 0.421. The lowest BCUT2D eigenvalue weighted by molar-refractivity contribution is 0.0921. The molecule has 1 aliphatic rings. The maximum absolute atomic E-state index is 12.2. The van der Waals surface area contributed by atoms with Crippen molar-refractivity contribution in [3.63, 3.8) is 0 Å². The third-order valence-corrected chi connectivity index (χ3v) is 4.50. The summed E-state index contributed by atoms with van der Waals surface area (Å²) in [6, 6.07) is 14.1. The topological polar surface area (TPSA) is 66.9 Å². The summed E-state index contributed by atoms with van der Waals surface area (Å²) in [5.41, 5.74) is 1.55. The van der Waals surface area contributed by atoms with Crippen LogP contribution in [0.2, 0.25) is 0 Å². The number of hydrogen-bond donors (Lipinski definition) is 2. The third-order valence-electron chi connectivity index (χ3n) is 4.50. The van der Waals surface area contributed by atoms with Crippen molar-refractivity contribution in [1.29, 1.82) is 0 Å². The van der Waals surface area contributed by atoms with Gasteiger partial charge in [-0.2, -0.15) is 0 Å². The van der Waals surface area contributed by atoms with Gasteiger partial charge in [-0.1, -0.05) is 49.6 Å². The highest BCUT2D eigenvalue weighted by Gasteiger charge is 2.17. The van der Waals surface area contributed by atoms with E-state index in [1.165, 1.54) is 24.8 Å². The highest BCUT2D eigenvalue weighted by molar-refractivity contribution is 5.92. The van der Waals surface area contributed by atoms with Gasteiger partial charge in [-0.3, -0.25) is 4.79 Å². The van der Waals surface area contributed by atoms with Crippen molar-refractivity contribution < 1.29 is 4.79 Å². The lowest BCUT2D eigenvalue weighted by Crippen LogP contribution is -2.36. The number of amides is 1. The Labute approximate surface area is 142 Å². The van der Waals surface area contributed by atoms with Crippen LogP contribution in [0.15, 0.2) is 42.5 Å². The average Bonchev–Trinajstić information content (AvgIpc) is 2.64. The van der Waals surface area contributed by atoms with Crippen LogP contribution in [0, 0.1) is 0 Å². The van der Waals surface area contributed by atoms with Crippen LogP contribution in [0.3, 0.4) is 0 Å². The van der Waals surface area contributed by atoms with E-state index in [-0.39, 0.29) is 18.0 Å². The molecule has 1 amide bonds. The molecule has 1 aromatic carbocycles. The molecule has 3 rings (SSSR count). The van der Waals surface area contributed by atoms with Gasteiger partial charge in [0.05, 0.1) is 0 Å². The van der Waals surface area contributed by atoms with Crippen molar-refractivity contribution in [3.05, 3.63) is 53.7 Å². The predicted molar refractivity (Wildman–Crippen MR) is 94.9 cm³/mol. The normalized spacial score (nSPS) is 16.4. The quantitative estimate of drug-likeness (QED) is 0.880. The largest absolute Gasteiger partial charge is 0.362 e. The molecule has 5 nitrogen and oxygen atoms in total. The van der Waals surface area contributed by atoms with Crippen LogP contribution in [0.5, 0.6) is 0 Å².